The molecule has 8 rings (SSSR count). The number of carbonyl (C=O) groups is 8. The van der Waals surface area contributed by atoms with Gasteiger partial charge in [0.25, 0.3) is 23.6 Å². The Balaban J connectivity index is 0.727. The summed E-state index contributed by atoms with van der Waals surface area (Å²) >= 11 is 0. The van der Waals surface area contributed by atoms with Crippen molar-refractivity contribution in [2.45, 2.75) is 43.9 Å². The Bertz CT molecular complexity index is 2840. The van der Waals surface area contributed by atoms with Crippen LogP contribution in [0.2, 0.25) is 0 Å². The van der Waals surface area contributed by atoms with E-state index in [0.29, 0.717) is 42.7 Å². The van der Waals surface area contributed by atoms with Gasteiger partial charge in [-0.3, -0.25) is 48.5 Å². The molecule has 0 spiro atoms. The summed E-state index contributed by atoms with van der Waals surface area (Å²) in [5.74, 6) is -5.74. The first-order chi connectivity index (χ1) is 34.3. The predicted molar refractivity (Wildman–Crippen MR) is 245 cm³/mol. The van der Waals surface area contributed by atoms with Crippen LogP contribution in [0.4, 0.5) is 15.9 Å². The fourth-order valence-electron chi connectivity index (χ4n) is 8.07. The highest BCUT2D eigenvalue weighted by atomic mass is 19.1. The minimum Gasteiger partial charge on any atom is -0.483 e. The number of halogens is 1. The number of likely N-dealkylation sites (tertiary alicyclic amines) is 1. The lowest BCUT2D eigenvalue weighted by atomic mass is 10.0. The van der Waals surface area contributed by atoms with E-state index in [1.54, 1.807) is 52.3 Å². The lowest BCUT2D eigenvalue weighted by Gasteiger charge is -2.32. The van der Waals surface area contributed by atoms with Gasteiger partial charge in [0.1, 0.15) is 24.2 Å². The van der Waals surface area contributed by atoms with Crippen molar-refractivity contribution in [3.05, 3.63) is 120 Å². The van der Waals surface area contributed by atoms with Gasteiger partial charge in [0.05, 0.1) is 55.1 Å². The third kappa shape index (κ3) is 11.7. The van der Waals surface area contributed by atoms with Gasteiger partial charge in [-0.15, -0.1) is 0 Å². The van der Waals surface area contributed by atoms with E-state index < -0.39 is 66.0 Å². The molecule has 2 aromatic heterocycles. The van der Waals surface area contributed by atoms with E-state index in [0.717, 1.165) is 4.90 Å². The molecule has 3 aliphatic rings. The summed E-state index contributed by atoms with van der Waals surface area (Å²) in [5, 5.41) is 11.9. The Morgan fingerprint density at radius 1 is 0.859 bits per heavy atom. The molecule has 22 nitrogen and oxygen atoms in total. The zero-order valence-electron chi connectivity index (χ0n) is 37.9. The Labute approximate surface area is 404 Å². The number of ether oxygens (including phenoxy) is 4. The van der Waals surface area contributed by atoms with Crippen LogP contribution in [-0.4, -0.2) is 136 Å². The molecule has 5 aromatic rings. The van der Waals surface area contributed by atoms with Crippen molar-refractivity contribution in [1.82, 2.24) is 40.2 Å². The number of hydrogen-bond acceptors (Lipinski definition) is 16. The molecule has 1 unspecified atom stereocenters. The first-order valence-corrected chi connectivity index (χ1v) is 22.5. The first kappa shape index (κ1) is 49.0. The summed E-state index contributed by atoms with van der Waals surface area (Å²) in [6.45, 7) is 0.847. The Morgan fingerprint density at radius 2 is 1.62 bits per heavy atom. The number of imide groups is 2. The molecule has 3 aliphatic heterocycles. The topological polar surface area (TPSA) is 286 Å². The largest absolute Gasteiger partial charge is 0.483 e. The molecule has 23 heteroatoms. The standard InChI is InChI=1S/C48H47FN10O12/c49-30-9-11-31(12-10-30)54-45(64)42(28-5-2-1-3-6-28)71-48(67)41-43(50)52-24-34(55-41)29-23-53-58(25-29)32-15-18-57(19-16-32)39(62)27-69-22-21-68-20-17-51-38(61)26-70-36-8-4-7-33-40(36)47(66)59(46(33)65)35-13-14-37(60)56-44(35)63/h1-12,23-25,32,35,42H,13-22,26-27H2,(H2,50,52)(H,51,61)(H,54,64)(H,56,60,63)/t35?,42-/m1/s1. The van der Waals surface area contributed by atoms with Gasteiger partial charge in [0.2, 0.25) is 23.8 Å². The van der Waals surface area contributed by atoms with Crippen molar-refractivity contribution in [3.63, 3.8) is 0 Å². The number of carbonyl (C=O) groups excluding carboxylic acids is 8. The van der Waals surface area contributed by atoms with Gasteiger partial charge in [-0.1, -0.05) is 36.4 Å². The number of benzene rings is 3. The molecule has 0 saturated carbocycles. The monoisotopic (exact) mass is 974 g/mol. The molecule has 7 amide bonds. The van der Waals surface area contributed by atoms with Crippen molar-refractivity contribution in [3.8, 4) is 17.0 Å². The number of piperidine rings is 2. The number of nitrogens with two attached hydrogens (primary N) is 1. The second-order valence-electron chi connectivity index (χ2n) is 16.4. The van der Waals surface area contributed by atoms with Crippen molar-refractivity contribution in [2.75, 3.05) is 63.7 Å². The highest BCUT2D eigenvalue weighted by Gasteiger charge is 2.46. The third-order valence-electron chi connectivity index (χ3n) is 11.7. The van der Waals surface area contributed by atoms with E-state index in [1.165, 1.54) is 48.7 Å². The van der Waals surface area contributed by atoms with Crippen molar-refractivity contribution >= 4 is 58.8 Å². The normalized spacial score (nSPS) is 16.3. The number of esters is 1. The second kappa shape index (κ2) is 22.3. The van der Waals surface area contributed by atoms with Gasteiger partial charge in [-0.05, 0) is 55.7 Å². The lowest BCUT2D eigenvalue weighted by molar-refractivity contribution is -0.138. The number of amides is 7. The summed E-state index contributed by atoms with van der Waals surface area (Å²) in [6, 6.07) is 16.6. The van der Waals surface area contributed by atoms with E-state index in [1.807, 2.05) is 0 Å². The molecule has 2 fully saturated rings. The molecule has 0 radical (unpaired) electrons. The Morgan fingerprint density at radius 3 is 2.38 bits per heavy atom. The van der Waals surface area contributed by atoms with Gasteiger partial charge < -0.3 is 40.2 Å². The van der Waals surface area contributed by atoms with Crippen molar-refractivity contribution < 1.29 is 61.7 Å². The molecule has 5 heterocycles. The third-order valence-corrected chi connectivity index (χ3v) is 11.7. The molecule has 2 saturated heterocycles. The number of nitrogens with zero attached hydrogens (tertiary/aromatic N) is 6. The minimum absolute atomic E-state index is 0.00101. The molecule has 71 heavy (non-hydrogen) atoms. The summed E-state index contributed by atoms with van der Waals surface area (Å²) in [5.41, 5.74) is 7.21. The molecule has 0 aliphatic carbocycles. The fraction of sp³-hybridized carbons (Fsp3) is 0.312. The number of rotatable bonds is 19. The molecule has 2 atom stereocenters. The van der Waals surface area contributed by atoms with E-state index >= 15 is 0 Å². The molecular formula is C48H47FN10O12. The quantitative estimate of drug-likeness (QED) is 0.0525. The molecular weight excluding hydrogens is 928 g/mol. The van der Waals surface area contributed by atoms with Gasteiger partial charge in [-0.2, -0.15) is 5.10 Å². The van der Waals surface area contributed by atoms with Crippen molar-refractivity contribution in [1.29, 1.82) is 0 Å². The van der Waals surface area contributed by atoms with Crippen LogP contribution in [0.5, 0.6) is 5.75 Å². The number of hydrogen-bond donors (Lipinski definition) is 4. The van der Waals surface area contributed by atoms with Gasteiger partial charge in [0.15, 0.2) is 18.1 Å². The lowest BCUT2D eigenvalue weighted by Crippen LogP contribution is -2.54. The maximum absolute atomic E-state index is 13.5. The number of anilines is 2. The fourth-order valence-corrected chi connectivity index (χ4v) is 8.07. The van der Waals surface area contributed by atoms with E-state index in [2.05, 4.69) is 31.0 Å². The van der Waals surface area contributed by atoms with E-state index in [-0.39, 0.29) is 91.8 Å². The van der Waals surface area contributed by atoms with Crippen LogP contribution in [0.3, 0.4) is 0 Å². The Hall–Kier alpha value is -8.44. The minimum atomic E-state index is -1.41. The van der Waals surface area contributed by atoms with E-state index in [4.69, 9.17) is 24.7 Å². The average molecular weight is 975 g/mol. The SMILES string of the molecule is Nc1ncc(-c2cnn(C3CCN(C(=O)COCCOCCNC(=O)COc4cccc5c4C(=O)N(C4CCC(=O)NC4=O)C5=O)CC3)c2)nc1C(=O)O[C@@H](C(=O)Nc1ccc(F)cc1)c1ccccc1. The van der Waals surface area contributed by atoms with Crippen LogP contribution in [-0.2, 0) is 38.2 Å². The molecule has 0 bridgehead atoms. The number of nitrogens with one attached hydrogen (secondary N) is 3. The summed E-state index contributed by atoms with van der Waals surface area (Å²) in [7, 11) is 0. The van der Waals surface area contributed by atoms with Crippen LogP contribution < -0.4 is 26.4 Å². The average Bonchev–Trinajstić information content (AvgIpc) is 3.97. The van der Waals surface area contributed by atoms with Gasteiger partial charge >= 0.3 is 5.97 Å². The predicted octanol–water partition coefficient (Wildman–Crippen LogP) is 2.39. The van der Waals surface area contributed by atoms with Crippen molar-refractivity contribution in [2.24, 2.45) is 0 Å². The van der Waals surface area contributed by atoms with Gasteiger partial charge in [-0.25, -0.2) is 19.2 Å². The highest BCUT2D eigenvalue weighted by Crippen LogP contribution is 2.34. The smallest absolute Gasteiger partial charge is 0.361 e. The molecule has 5 N–H and O–H groups in total. The van der Waals surface area contributed by atoms with Crippen LogP contribution in [0, 0.1) is 5.82 Å². The highest BCUT2D eigenvalue weighted by molar-refractivity contribution is 6.24. The maximum Gasteiger partial charge on any atom is 0.361 e. The number of nitrogen functional groups attached to an aromatic ring is 1. The van der Waals surface area contributed by atoms with E-state index in [9.17, 15) is 42.7 Å². The maximum atomic E-state index is 13.5. The number of fused-ring (bicyclic) bond motifs is 1. The number of aromatic nitrogens is 4. The van der Waals surface area contributed by atoms with Crippen LogP contribution in [0.15, 0.2) is 91.4 Å². The van der Waals surface area contributed by atoms with Crippen LogP contribution in [0.25, 0.3) is 11.3 Å². The van der Waals surface area contributed by atoms with Crippen LogP contribution >= 0.6 is 0 Å². The summed E-state index contributed by atoms with van der Waals surface area (Å²) in [4.78, 5) is 114. The second-order valence-corrected chi connectivity index (χ2v) is 16.4. The zero-order valence-corrected chi connectivity index (χ0v) is 37.9. The molecule has 368 valence electrons. The zero-order chi connectivity index (χ0) is 50.0. The molecule has 3 aromatic carbocycles. The first-order valence-electron chi connectivity index (χ1n) is 22.5. The summed E-state index contributed by atoms with van der Waals surface area (Å²) in [6.07, 6.45) is 4.51. The van der Waals surface area contributed by atoms with Crippen LogP contribution in [0.1, 0.15) is 74.6 Å². The van der Waals surface area contributed by atoms with Gasteiger partial charge in [0, 0.05) is 49.1 Å². The Kier molecular flexibility index (Phi) is 15.4. The summed E-state index contributed by atoms with van der Waals surface area (Å²) < 4.78 is 37.5.